The average Bonchev–Trinajstić information content (AvgIpc) is 2.79. The van der Waals surface area contributed by atoms with Gasteiger partial charge >= 0.3 is 0 Å². The van der Waals surface area contributed by atoms with Crippen LogP contribution >= 0.6 is 15.9 Å². The Morgan fingerprint density at radius 1 is 1.35 bits per heavy atom. The molecule has 5 heteroatoms. The van der Waals surface area contributed by atoms with E-state index in [4.69, 9.17) is 0 Å². The van der Waals surface area contributed by atoms with Crippen molar-refractivity contribution in [2.24, 2.45) is 7.05 Å². The summed E-state index contributed by atoms with van der Waals surface area (Å²) in [4.78, 5) is 0. The lowest BCUT2D eigenvalue weighted by Crippen LogP contribution is -2.24. The van der Waals surface area contributed by atoms with Gasteiger partial charge in [0.05, 0.1) is 5.69 Å². The second-order valence-electron chi connectivity index (χ2n) is 5.16. The Morgan fingerprint density at radius 3 is 2.75 bits per heavy atom. The second-order valence-corrected chi connectivity index (χ2v) is 6.07. The van der Waals surface area contributed by atoms with Crippen molar-refractivity contribution < 1.29 is 0 Å². The Kier molecular flexibility index (Phi) is 5.31. The second kappa shape index (κ2) is 6.99. The summed E-state index contributed by atoms with van der Waals surface area (Å²) in [7, 11) is 1.90. The molecule has 1 aromatic heterocycles. The summed E-state index contributed by atoms with van der Waals surface area (Å²) in [5, 5.41) is 11.8. The molecule has 0 spiro atoms. The number of hydrogen-bond acceptors (Lipinski definition) is 3. The molecular weight excluding hydrogens is 316 g/mol. The Hall–Kier alpha value is -1.20. The number of aromatic nitrogens is 3. The molecule has 0 fully saturated rings. The zero-order chi connectivity index (χ0) is 14.5. The van der Waals surface area contributed by atoms with Gasteiger partial charge in [-0.25, -0.2) is 0 Å². The maximum atomic E-state index is 4.20. The van der Waals surface area contributed by atoms with Crippen LogP contribution in [0.1, 0.15) is 36.2 Å². The van der Waals surface area contributed by atoms with Crippen LogP contribution in [0, 0.1) is 6.92 Å². The molecule has 1 atom stereocenters. The Morgan fingerprint density at radius 2 is 2.15 bits per heavy atom. The van der Waals surface area contributed by atoms with Crippen LogP contribution in [0.3, 0.4) is 0 Å². The van der Waals surface area contributed by atoms with Gasteiger partial charge in [0, 0.05) is 30.2 Å². The first-order valence-corrected chi connectivity index (χ1v) is 7.73. The summed E-state index contributed by atoms with van der Waals surface area (Å²) in [5.41, 5.74) is 3.56. The van der Waals surface area contributed by atoms with E-state index in [1.165, 1.54) is 11.1 Å². The molecule has 0 bridgehead atoms. The highest BCUT2D eigenvalue weighted by Crippen LogP contribution is 2.23. The zero-order valence-electron chi connectivity index (χ0n) is 12.2. The van der Waals surface area contributed by atoms with Gasteiger partial charge in [-0.3, -0.25) is 4.68 Å². The number of rotatable bonds is 6. The number of benzene rings is 1. The number of halogens is 1. The molecule has 0 amide bonds. The lowest BCUT2D eigenvalue weighted by Gasteiger charge is -2.19. The van der Waals surface area contributed by atoms with Crippen LogP contribution in [0.5, 0.6) is 0 Å². The molecule has 108 valence electrons. The minimum absolute atomic E-state index is 0.267. The van der Waals surface area contributed by atoms with Crippen LogP contribution in [-0.4, -0.2) is 21.5 Å². The quantitative estimate of drug-likeness (QED) is 0.880. The van der Waals surface area contributed by atoms with Gasteiger partial charge in [0.15, 0.2) is 0 Å². The molecule has 0 aliphatic heterocycles. The Labute approximate surface area is 128 Å². The maximum Gasteiger partial charge on any atom is 0.0845 e. The van der Waals surface area contributed by atoms with E-state index in [1.54, 1.807) is 4.68 Å². The third-order valence-electron chi connectivity index (χ3n) is 3.17. The molecular formula is C15H21BrN4. The minimum atomic E-state index is 0.267. The van der Waals surface area contributed by atoms with E-state index < -0.39 is 0 Å². The highest BCUT2D eigenvalue weighted by molar-refractivity contribution is 9.10. The average molecular weight is 337 g/mol. The highest BCUT2D eigenvalue weighted by atomic mass is 79.9. The van der Waals surface area contributed by atoms with Crippen LogP contribution < -0.4 is 5.32 Å². The number of nitrogens with zero attached hydrogens (tertiary/aromatic N) is 3. The Balaban J connectivity index is 2.21. The summed E-state index contributed by atoms with van der Waals surface area (Å²) in [5.74, 6) is 0. The summed E-state index contributed by atoms with van der Waals surface area (Å²) >= 11 is 3.58. The van der Waals surface area contributed by atoms with E-state index in [2.05, 4.69) is 63.6 Å². The van der Waals surface area contributed by atoms with Crippen LogP contribution in [-0.2, 0) is 13.5 Å². The SMILES string of the molecule is CCCNC(Cc1cn(C)nn1)c1cc(C)cc(Br)c1. The predicted octanol–water partition coefficient (Wildman–Crippen LogP) is 3.17. The summed E-state index contributed by atoms with van der Waals surface area (Å²) < 4.78 is 2.87. The third kappa shape index (κ3) is 4.15. The van der Waals surface area contributed by atoms with Crippen LogP contribution in [0.15, 0.2) is 28.9 Å². The van der Waals surface area contributed by atoms with Gasteiger partial charge in [0.1, 0.15) is 0 Å². The van der Waals surface area contributed by atoms with Gasteiger partial charge in [-0.1, -0.05) is 34.1 Å². The Bertz CT molecular complexity index is 545. The summed E-state index contributed by atoms with van der Waals surface area (Å²) in [6.07, 6.45) is 3.94. The standard InChI is InChI=1S/C15H21BrN4/c1-4-5-17-15(9-14-10-20(3)19-18-14)12-6-11(2)7-13(16)8-12/h6-8,10,15,17H,4-5,9H2,1-3H3. The first kappa shape index (κ1) is 15.2. The van der Waals surface area contributed by atoms with E-state index in [0.717, 1.165) is 29.6 Å². The van der Waals surface area contributed by atoms with Gasteiger partial charge in [-0.2, -0.15) is 0 Å². The van der Waals surface area contributed by atoms with Crippen LogP contribution in [0.4, 0.5) is 0 Å². The van der Waals surface area contributed by atoms with Crippen LogP contribution in [0.2, 0.25) is 0 Å². The molecule has 0 aliphatic carbocycles. The maximum absolute atomic E-state index is 4.20. The topological polar surface area (TPSA) is 42.7 Å². The van der Waals surface area contributed by atoms with E-state index in [1.807, 2.05) is 13.2 Å². The fourth-order valence-electron chi connectivity index (χ4n) is 2.29. The van der Waals surface area contributed by atoms with Crippen molar-refractivity contribution in [3.63, 3.8) is 0 Å². The fraction of sp³-hybridized carbons (Fsp3) is 0.467. The predicted molar refractivity (Wildman–Crippen MR) is 84.6 cm³/mol. The van der Waals surface area contributed by atoms with Crippen LogP contribution in [0.25, 0.3) is 0 Å². The largest absolute Gasteiger partial charge is 0.310 e. The number of hydrogen-bond donors (Lipinski definition) is 1. The first-order chi connectivity index (χ1) is 9.58. The van der Waals surface area contributed by atoms with Crippen molar-refractivity contribution in [3.05, 3.63) is 45.7 Å². The highest BCUT2D eigenvalue weighted by Gasteiger charge is 2.14. The molecule has 0 saturated carbocycles. The molecule has 2 rings (SSSR count). The zero-order valence-corrected chi connectivity index (χ0v) is 13.8. The van der Waals surface area contributed by atoms with Crippen molar-refractivity contribution in [1.29, 1.82) is 0 Å². The molecule has 1 heterocycles. The molecule has 1 N–H and O–H groups in total. The van der Waals surface area contributed by atoms with Crippen molar-refractivity contribution in [3.8, 4) is 0 Å². The molecule has 20 heavy (non-hydrogen) atoms. The van der Waals surface area contributed by atoms with Crippen molar-refractivity contribution in [2.45, 2.75) is 32.7 Å². The van der Waals surface area contributed by atoms with E-state index in [9.17, 15) is 0 Å². The van der Waals surface area contributed by atoms with Gasteiger partial charge in [-0.15, -0.1) is 5.10 Å². The summed E-state index contributed by atoms with van der Waals surface area (Å²) in [6, 6.07) is 6.80. The van der Waals surface area contributed by atoms with E-state index in [-0.39, 0.29) is 6.04 Å². The number of nitrogens with one attached hydrogen (secondary N) is 1. The first-order valence-electron chi connectivity index (χ1n) is 6.94. The van der Waals surface area contributed by atoms with Crippen molar-refractivity contribution >= 4 is 15.9 Å². The lowest BCUT2D eigenvalue weighted by molar-refractivity contribution is 0.523. The lowest BCUT2D eigenvalue weighted by atomic mass is 10.0. The monoisotopic (exact) mass is 336 g/mol. The van der Waals surface area contributed by atoms with Gasteiger partial charge in [-0.05, 0) is 43.1 Å². The smallest absolute Gasteiger partial charge is 0.0845 e. The van der Waals surface area contributed by atoms with Gasteiger partial charge < -0.3 is 5.32 Å². The van der Waals surface area contributed by atoms with Crippen molar-refractivity contribution in [1.82, 2.24) is 20.3 Å². The molecule has 0 aliphatic rings. The number of aryl methyl sites for hydroxylation is 2. The minimum Gasteiger partial charge on any atom is -0.310 e. The summed E-state index contributed by atoms with van der Waals surface area (Å²) in [6.45, 7) is 5.29. The fourth-order valence-corrected chi connectivity index (χ4v) is 2.92. The molecule has 2 aromatic rings. The molecule has 1 unspecified atom stereocenters. The van der Waals surface area contributed by atoms with E-state index in [0.29, 0.717) is 0 Å². The third-order valence-corrected chi connectivity index (χ3v) is 3.63. The molecule has 1 aromatic carbocycles. The van der Waals surface area contributed by atoms with Gasteiger partial charge in [0.25, 0.3) is 0 Å². The van der Waals surface area contributed by atoms with E-state index >= 15 is 0 Å². The normalized spacial score (nSPS) is 12.6. The van der Waals surface area contributed by atoms with Gasteiger partial charge in [0.2, 0.25) is 0 Å². The molecule has 4 nitrogen and oxygen atoms in total. The molecule has 0 saturated heterocycles. The molecule has 0 radical (unpaired) electrons. The van der Waals surface area contributed by atoms with Crippen molar-refractivity contribution in [2.75, 3.05) is 6.54 Å².